The standard InChI is InChI=1S/C21H25F2NO3/c1-4-26-20(25)10-7-11-27-21-17(22)12-15(13-18(21)23)16-8-5-6-9-19(16)24-14(2)3/h5-6,8-9,12-14,24H,4,7,10-11H2,1-3H3. The fourth-order valence-electron chi connectivity index (χ4n) is 2.65. The molecule has 0 aliphatic rings. The van der Waals surface area contributed by atoms with Gasteiger partial charge in [-0.15, -0.1) is 0 Å². The lowest BCUT2D eigenvalue weighted by Crippen LogP contribution is -2.10. The Bertz CT molecular complexity index is 755. The van der Waals surface area contributed by atoms with Crippen LogP contribution in [0.2, 0.25) is 0 Å². The largest absolute Gasteiger partial charge is 0.488 e. The molecule has 0 saturated heterocycles. The fourth-order valence-corrected chi connectivity index (χ4v) is 2.65. The van der Waals surface area contributed by atoms with E-state index >= 15 is 0 Å². The second kappa shape index (κ2) is 9.90. The summed E-state index contributed by atoms with van der Waals surface area (Å²) in [5, 5.41) is 3.27. The van der Waals surface area contributed by atoms with E-state index in [1.807, 2.05) is 32.0 Å². The summed E-state index contributed by atoms with van der Waals surface area (Å²) in [7, 11) is 0. The van der Waals surface area contributed by atoms with Crippen molar-refractivity contribution in [2.75, 3.05) is 18.5 Å². The first kappa shape index (κ1) is 20.7. The summed E-state index contributed by atoms with van der Waals surface area (Å²) in [6.07, 6.45) is 0.462. The van der Waals surface area contributed by atoms with Gasteiger partial charge in [-0.1, -0.05) is 18.2 Å². The third kappa shape index (κ3) is 5.94. The van der Waals surface area contributed by atoms with Crippen LogP contribution >= 0.6 is 0 Å². The van der Waals surface area contributed by atoms with Crippen LogP contribution in [0.3, 0.4) is 0 Å². The van der Waals surface area contributed by atoms with Gasteiger partial charge in [0.1, 0.15) is 0 Å². The summed E-state index contributed by atoms with van der Waals surface area (Å²) in [6.45, 7) is 6.03. The highest BCUT2D eigenvalue weighted by atomic mass is 19.1. The lowest BCUT2D eigenvalue weighted by Gasteiger charge is -2.16. The van der Waals surface area contributed by atoms with E-state index in [0.717, 1.165) is 5.69 Å². The second-order valence-corrected chi connectivity index (χ2v) is 6.37. The van der Waals surface area contributed by atoms with Crippen LogP contribution in [-0.2, 0) is 9.53 Å². The molecular formula is C21H25F2NO3. The van der Waals surface area contributed by atoms with Gasteiger partial charge in [0.2, 0.25) is 0 Å². The molecule has 0 atom stereocenters. The van der Waals surface area contributed by atoms with Gasteiger partial charge in [-0.3, -0.25) is 4.79 Å². The molecular weight excluding hydrogens is 352 g/mol. The molecule has 0 bridgehead atoms. The molecule has 0 unspecified atom stereocenters. The van der Waals surface area contributed by atoms with Crippen molar-refractivity contribution >= 4 is 11.7 Å². The van der Waals surface area contributed by atoms with E-state index in [-0.39, 0.29) is 25.0 Å². The molecule has 27 heavy (non-hydrogen) atoms. The molecule has 0 aromatic heterocycles. The Morgan fingerprint density at radius 3 is 2.44 bits per heavy atom. The van der Waals surface area contributed by atoms with E-state index in [0.29, 0.717) is 24.2 Å². The zero-order chi connectivity index (χ0) is 19.8. The molecule has 0 aliphatic carbocycles. The van der Waals surface area contributed by atoms with E-state index in [2.05, 4.69) is 5.32 Å². The molecule has 0 radical (unpaired) electrons. The van der Waals surface area contributed by atoms with Gasteiger partial charge in [0.05, 0.1) is 13.2 Å². The van der Waals surface area contributed by atoms with Crippen LogP contribution in [0.1, 0.15) is 33.6 Å². The smallest absolute Gasteiger partial charge is 0.305 e. The van der Waals surface area contributed by atoms with Crippen LogP contribution in [0.4, 0.5) is 14.5 Å². The van der Waals surface area contributed by atoms with Crippen molar-refractivity contribution < 1.29 is 23.0 Å². The number of halogens is 2. The molecule has 0 spiro atoms. The molecule has 0 amide bonds. The Labute approximate surface area is 158 Å². The number of carbonyl (C=O) groups excluding carboxylic acids is 1. The lowest BCUT2D eigenvalue weighted by atomic mass is 10.0. The molecule has 2 aromatic rings. The summed E-state index contributed by atoms with van der Waals surface area (Å²) in [5.41, 5.74) is 1.93. The number of para-hydroxylation sites is 1. The van der Waals surface area contributed by atoms with Crippen LogP contribution in [0.25, 0.3) is 11.1 Å². The van der Waals surface area contributed by atoms with Crippen molar-refractivity contribution in [3.63, 3.8) is 0 Å². The lowest BCUT2D eigenvalue weighted by molar-refractivity contribution is -0.143. The summed E-state index contributed by atoms with van der Waals surface area (Å²) < 4.78 is 38.8. The van der Waals surface area contributed by atoms with E-state index in [1.54, 1.807) is 13.0 Å². The molecule has 1 N–H and O–H groups in total. The number of ether oxygens (including phenoxy) is 2. The molecule has 2 rings (SSSR count). The summed E-state index contributed by atoms with van der Waals surface area (Å²) >= 11 is 0. The van der Waals surface area contributed by atoms with Crippen LogP contribution in [0, 0.1) is 11.6 Å². The van der Waals surface area contributed by atoms with Crippen molar-refractivity contribution in [3.05, 3.63) is 48.0 Å². The number of rotatable bonds is 9. The number of carbonyl (C=O) groups is 1. The van der Waals surface area contributed by atoms with Gasteiger partial charge < -0.3 is 14.8 Å². The average Bonchev–Trinajstić information content (AvgIpc) is 2.60. The minimum Gasteiger partial charge on any atom is -0.488 e. The van der Waals surface area contributed by atoms with Gasteiger partial charge in [-0.2, -0.15) is 0 Å². The van der Waals surface area contributed by atoms with Gasteiger partial charge in [0.25, 0.3) is 0 Å². The molecule has 146 valence electrons. The second-order valence-electron chi connectivity index (χ2n) is 6.37. The maximum absolute atomic E-state index is 14.4. The van der Waals surface area contributed by atoms with Crippen molar-refractivity contribution in [2.24, 2.45) is 0 Å². The van der Waals surface area contributed by atoms with Gasteiger partial charge in [0, 0.05) is 23.7 Å². The van der Waals surface area contributed by atoms with E-state index in [4.69, 9.17) is 9.47 Å². The fraction of sp³-hybridized carbons (Fsp3) is 0.381. The van der Waals surface area contributed by atoms with Crippen molar-refractivity contribution in [1.82, 2.24) is 0 Å². The van der Waals surface area contributed by atoms with E-state index < -0.39 is 17.4 Å². The number of nitrogens with one attached hydrogen (secondary N) is 1. The van der Waals surface area contributed by atoms with Crippen molar-refractivity contribution in [2.45, 2.75) is 39.7 Å². The Kier molecular flexibility index (Phi) is 7.58. The first-order valence-corrected chi connectivity index (χ1v) is 9.05. The quantitative estimate of drug-likeness (QED) is 0.483. The third-order valence-electron chi connectivity index (χ3n) is 3.76. The Morgan fingerprint density at radius 2 is 1.81 bits per heavy atom. The zero-order valence-corrected chi connectivity index (χ0v) is 15.9. The average molecular weight is 377 g/mol. The van der Waals surface area contributed by atoms with Crippen LogP contribution in [-0.4, -0.2) is 25.2 Å². The first-order valence-electron chi connectivity index (χ1n) is 9.05. The van der Waals surface area contributed by atoms with Gasteiger partial charge in [-0.25, -0.2) is 8.78 Å². The topological polar surface area (TPSA) is 47.6 Å². The number of hydrogen-bond acceptors (Lipinski definition) is 4. The first-order chi connectivity index (χ1) is 12.9. The highest BCUT2D eigenvalue weighted by molar-refractivity contribution is 5.78. The van der Waals surface area contributed by atoms with Crippen LogP contribution in [0.15, 0.2) is 36.4 Å². The molecule has 0 heterocycles. The van der Waals surface area contributed by atoms with Gasteiger partial charge in [0.15, 0.2) is 17.4 Å². The van der Waals surface area contributed by atoms with Crippen LogP contribution in [0.5, 0.6) is 5.75 Å². The third-order valence-corrected chi connectivity index (χ3v) is 3.76. The predicted molar refractivity (Wildman–Crippen MR) is 102 cm³/mol. The molecule has 0 saturated carbocycles. The normalized spacial score (nSPS) is 10.7. The summed E-state index contributed by atoms with van der Waals surface area (Å²) in [5.74, 6) is -2.34. The molecule has 0 fully saturated rings. The highest BCUT2D eigenvalue weighted by Crippen LogP contribution is 2.33. The maximum atomic E-state index is 14.4. The maximum Gasteiger partial charge on any atom is 0.305 e. The summed E-state index contributed by atoms with van der Waals surface area (Å²) in [6, 6.07) is 10.0. The number of anilines is 1. The van der Waals surface area contributed by atoms with Crippen molar-refractivity contribution in [3.8, 4) is 16.9 Å². The molecule has 2 aromatic carbocycles. The number of hydrogen-bond donors (Lipinski definition) is 1. The molecule has 6 heteroatoms. The Balaban J connectivity index is 2.12. The number of esters is 1. The van der Waals surface area contributed by atoms with Crippen molar-refractivity contribution in [1.29, 1.82) is 0 Å². The van der Waals surface area contributed by atoms with Gasteiger partial charge >= 0.3 is 5.97 Å². The minimum absolute atomic E-state index is 0.0253. The predicted octanol–water partition coefficient (Wildman–Crippen LogP) is 5.17. The monoisotopic (exact) mass is 377 g/mol. The van der Waals surface area contributed by atoms with E-state index in [1.165, 1.54) is 12.1 Å². The minimum atomic E-state index is -0.777. The molecule has 0 aliphatic heterocycles. The van der Waals surface area contributed by atoms with E-state index in [9.17, 15) is 13.6 Å². The Morgan fingerprint density at radius 1 is 1.15 bits per heavy atom. The molecule has 4 nitrogen and oxygen atoms in total. The highest BCUT2D eigenvalue weighted by Gasteiger charge is 2.16. The summed E-state index contributed by atoms with van der Waals surface area (Å²) in [4.78, 5) is 11.3. The Hall–Kier alpha value is -2.63. The van der Waals surface area contributed by atoms with Gasteiger partial charge in [-0.05, 0) is 51.0 Å². The van der Waals surface area contributed by atoms with Crippen LogP contribution < -0.4 is 10.1 Å². The number of benzene rings is 2. The zero-order valence-electron chi connectivity index (χ0n) is 15.9. The SMILES string of the molecule is CCOC(=O)CCCOc1c(F)cc(-c2ccccc2NC(C)C)cc1F.